The molecule has 152 valence electrons. The van der Waals surface area contributed by atoms with Crippen molar-refractivity contribution in [3.05, 3.63) is 93.8 Å². The van der Waals surface area contributed by atoms with Crippen molar-refractivity contribution in [2.75, 3.05) is 4.90 Å². The summed E-state index contributed by atoms with van der Waals surface area (Å²) in [5.74, 6) is -2.32. The fraction of sp³-hybridized carbons (Fsp3) is 0.130. The van der Waals surface area contributed by atoms with Crippen LogP contribution in [0.5, 0.6) is 0 Å². The maximum atomic E-state index is 13.8. The Hall–Kier alpha value is -3.19. The molecule has 0 saturated heterocycles. The maximum Gasteiger partial charge on any atom is 0.272 e. The number of imide groups is 1. The number of amides is 2. The summed E-state index contributed by atoms with van der Waals surface area (Å²) in [5.41, 5.74) is 2.73. The van der Waals surface area contributed by atoms with Crippen molar-refractivity contribution < 1.29 is 22.8 Å². The van der Waals surface area contributed by atoms with Crippen LogP contribution in [0.15, 0.2) is 64.1 Å². The number of hydrogen-bond acceptors (Lipinski definition) is 4. The molecule has 0 saturated carbocycles. The highest BCUT2D eigenvalue weighted by atomic mass is 32.2. The van der Waals surface area contributed by atoms with Gasteiger partial charge in [-0.1, -0.05) is 23.8 Å². The standard InChI is InChI=1S/C23H17F2NO3S/c1-13-5-7-17(14(2)10-13)20-21(30-12-16-4-3-9-29-16)23(28)26(22(20)27)15-6-8-18(24)19(25)11-15/h3-11H,12H2,1-2H3. The van der Waals surface area contributed by atoms with Crippen molar-refractivity contribution >= 4 is 34.8 Å². The molecule has 30 heavy (non-hydrogen) atoms. The summed E-state index contributed by atoms with van der Waals surface area (Å²) in [6.45, 7) is 3.80. The number of hydrogen-bond donors (Lipinski definition) is 0. The number of nitrogens with zero attached hydrogens (tertiary/aromatic N) is 1. The highest BCUT2D eigenvalue weighted by Gasteiger charge is 2.41. The molecule has 0 aliphatic carbocycles. The number of anilines is 1. The number of carbonyl (C=O) groups excluding carboxylic acids is 2. The van der Waals surface area contributed by atoms with E-state index in [-0.39, 0.29) is 16.2 Å². The van der Waals surface area contributed by atoms with Crippen LogP contribution in [0.4, 0.5) is 14.5 Å². The first kappa shape index (κ1) is 20.1. The Labute approximate surface area is 176 Å². The van der Waals surface area contributed by atoms with Gasteiger partial charge >= 0.3 is 0 Å². The molecule has 2 amide bonds. The summed E-state index contributed by atoms with van der Waals surface area (Å²) in [6.07, 6.45) is 1.53. The first-order valence-corrected chi connectivity index (χ1v) is 10.2. The van der Waals surface area contributed by atoms with Crippen LogP contribution in [0.25, 0.3) is 5.57 Å². The predicted octanol–water partition coefficient (Wildman–Crippen LogP) is 5.39. The van der Waals surface area contributed by atoms with E-state index >= 15 is 0 Å². The third-order valence-corrected chi connectivity index (χ3v) is 5.89. The summed E-state index contributed by atoms with van der Waals surface area (Å²) < 4.78 is 32.5. The molecular formula is C23H17F2NO3S. The van der Waals surface area contributed by atoms with Crippen LogP contribution in [0.1, 0.15) is 22.5 Å². The van der Waals surface area contributed by atoms with Gasteiger partial charge in [-0.25, -0.2) is 13.7 Å². The maximum absolute atomic E-state index is 13.8. The van der Waals surface area contributed by atoms with E-state index in [9.17, 15) is 18.4 Å². The molecule has 0 atom stereocenters. The monoisotopic (exact) mass is 425 g/mol. The fourth-order valence-corrected chi connectivity index (χ4v) is 4.38. The van der Waals surface area contributed by atoms with Crippen molar-refractivity contribution in [3.8, 4) is 0 Å². The second-order valence-corrected chi connectivity index (χ2v) is 7.92. The van der Waals surface area contributed by atoms with Gasteiger partial charge in [-0.3, -0.25) is 9.59 Å². The Kier molecular flexibility index (Phi) is 5.30. The van der Waals surface area contributed by atoms with Crippen LogP contribution in [0.3, 0.4) is 0 Å². The lowest BCUT2D eigenvalue weighted by molar-refractivity contribution is -0.119. The minimum atomic E-state index is -1.13. The number of benzene rings is 2. The molecule has 2 aromatic carbocycles. The van der Waals surface area contributed by atoms with Crippen LogP contribution < -0.4 is 4.90 Å². The Morgan fingerprint density at radius 3 is 2.43 bits per heavy atom. The molecule has 0 radical (unpaired) electrons. The molecule has 4 rings (SSSR count). The first-order chi connectivity index (χ1) is 14.4. The van der Waals surface area contributed by atoms with Gasteiger partial charge in [0.15, 0.2) is 11.6 Å². The molecule has 0 unspecified atom stereocenters. The van der Waals surface area contributed by atoms with E-state index in [1.54, 1.807) is 18.2 Å². The van der Waals surface area contributed by atoms with Gasteiger partial charge in [0.1, 0.15) is 5.76 Å². The zero-order valence-electron chi connectivity index (χ0n) is 16.2. The average Bonchev–Trinajstić information content (AvgIpc) is 3.29. The first-order valence-electron chi connectivity index (χ1n) is 9.17. The lowest BCUT2D eigenvalue weighted by atomic mass is 9.99. The molecule has 3 aromatic rings. The molecule has 1 aliphatic rings. The van der Waals surface area contributed by atoms with E-state index in [4.69, 9.17) is 4.42 Å². The summed E-state index contributed by atoms with van der Waals surface area (Å²) in [5, 5.41) is 0. The summed E-state index contributed by atoms with van der Waals surface area (Å²) in [6, 6.07) is 12.1. The van der Waals surface area contributed by atoms with Crippen molar-refractivity contribution in [2.45, 2.75) is 19.6 Å². The Morgan fingerprint density at radius 2 is 1.77 bits per heavy atom. The summed E-state index contributed by atoms with van der Waals surface area (Å²) in [7, 11) is 0. The molecule has 0 fully saturated rings. The topological polar surface area (TPSA) is 50.5 Å². The van der Waals surface area contributed by atoms with E-state index in [0.717, 1.165) is 28.2 Å². The molecule has 4 nitrogen and oxygen atoms in total. The van der Waals surface area contributed by atoms with Gasteiger partial charge in [0.25, 0.3) is 11.8 Å². The largest absolute Gasteiger partial charge is 0.468 e. The smallest absolute Gasteiger partial charge is 0.272 e. The third kappa shape index (κ3) is 3.57. The Balaban J connectivity index is 1.80. The van der Waals surface area contributed by atoms with Crippen LogP contribution in [-0.2, 0) is 15.3 Å². The minimum Gasteiger partial charge on any atom is -0.468 e. The minimum absolute atomic E-state index is 0.0141. The molecule has 0 spiro atoms. The van der Waals surface area contributed by atoms with Gasteiger partial charge in [0.2, 0.25) is 0 Å². The molecule has 0 N–H and O–H groups in total. The SMILES string of the molecule is Cc1ccc(C2=C(SCc3ccco3)C(=O)N(c3ccc(F)c(F)c3)C2=O)c(C)c1. The van der Waals surface area contributed by atoms with Crippen molar-refractivity contribution in [1.29, 1.82) is 0 Å². The van der Waals surface area contributed by atoms with Gasteiger partial charge in [-0.05, 0) is 49.2 Å². The number of aryl methyl sites for hydroxylation is 2. The van der Waals surface area contributed by atoms with Crippen LogP contribution in [0, 0.1) is 25.5 Å². The number of thioether (sulfide) groups is 1. The third-order valence-electron chi connectivity index (χ3n) is 4.79. The predicted molar refractivity (Wildman–Crippen MR) is 112 cm³/mol. The zero-order valence-corrected chi connectivity index (χ0v) is 17.1. The molecule has 7 heteroatoms. The van der Waals surface area contributed by atoms with Gasteiger partial charge in [0.05, 0.1) is 28.2 Å². The quantitative estimate of drug-likeness (QED) is 0.514. The van der Waals surface area contributed by atoms with Crippen molar-refractivity contribution in [2.24, 2.45) is 0 Å². The van der Waals surface area contributed by atoms with Crippen LogP contribution in [0.2, 0.25) is 0 Å². The highest BCUT2D eigenvalue weighted by molar-refractivity contribution is 8.03. The van der Waals surface area contributed by atoms with E-state index in [1.807, 2.05) is 26.0 Å². The number of halogens is 2. The Bertz CT molecular complexity index is 1190. The molecule has 1 aliphatic heterocycles. The second-order valence-electron chi connectivity index (χ2n) is 6.93. The van der Waals surface area contributed by atoms with Gasteiger partial charge < -0.3 is 4.42 Å². The number of rotatable bonds is 5. The van der Waals surface area contributed by atoms with Crippen molar-refractivity contribution in [1.82, 2.24) is 0 Å². The zero-order chi connectivity index (χ0) is 21.4. The highest BCUT2D eigenvalue weighted by Crippen LogP contribution is 2.40. The van der Waals surface area contributed by atoms with Crippen LogP contribution >= 0.6 is 11.8 Å². The lowest BCUT2D eigenvalue weighted by Gasteiger charge is -2.15. The normalized spacial score (nSPS) is 14.2. The number of furan rings is 1. The van der Waals surface area contributed by atoms with E-state index < -0.39 is 23.4 Å². The van der Waals surface area contributed by atoms with Gasteiger partial charge in [0, 0.05) is 6.07 Å². The van der Waals surface area contributed by atoms with E-state index in [2.05, 4.69) is 0 Å². The average molecular weight is 425 g/mol. The Morgan fingerprint density at radius 1 is 0.967 bits per heavy atom. The van der Waals surface area contributed by atoms with Crippen molar-refractivity contribution in [3.63, 3.8) is 0 Å². The second kappa shape index (κ2) is 7.91. The lowest BCUT2D eigenvalue weighted by Crippen LogP contribution is -2.31. The fourth-order valence-electron chi connectivity index (χ4n) is 3.37. The summed E-state index contributed by atoms with van der Waals surface area (Å²) in [4.78, 5) is 27.7. The molecule has 1 aromatic heterocycles. The molecule has 0 bridgehead atoms. The van der Waals surface area contributed by atoms with E-state index in [0.29, 0.717) is 17.1 Å². The summed E-state index contributed by atoms with van der Waals surface area (Å²) >= 11 is 1.18. The molecular weight excluding hydrogens is 408 g/mol. The van der Waals surface area contributed by atoms with Crippen LogP contribution in [-0.4, -0.2) is 11.8 Å². The van der Waals surface area contributed by atoms with Gasteiger partial charge in [-0.15, -0.1) is 11.8 Å². The number of carbonyl (C=O) groups is 2. The van der Waals surface area contributed by atoms with Gasteiger partial charge in [-0.2, -0.15) is 0 Å². The van der Waals surface area contributed by atoms with E-state index in [1.165, 1.54) is 24.1 Å². The molecule has 2 heterocycles.